The summed E-state index contributed by atoms with van der Waals surface area (Å²) >= 11 is 6.14. The van der Waals surface area contributed by atoms with E-state index in [1.54, 1.807) is 12.1 Å². The molecule has 6 heteroatoms. The van der Waals surface area contributed by atoms with Gasteiger partial charge in [0.1, 0.15) is 17.4 Å². The number of nitrogens with zero attached hydrogens (tertiary/aromatic N) is 2. The Balaban J connectivity index is 1.85. The van der Waals surface area contributed by atoms with Crippen LogP contribution in [-0.4, -0.2) is 17.9 Å². The van der Waals surface area contributed by atoms with E-state index in [2.05, 4.69) is 11.1 Å². The van der Waals surface area contributed by atoms with E-state index in [-0.39, 0.29) is 22.4 Å². The van der Waals surface area contributed by atoms with E-state index >= 15 is 0 Å². The van der Waals surface area contributed by atoms with E-state index in [1.807, 2.05) is 69.3 Å². The van der Waals surface area contributed by atoms with Gasteiger partial charge in [0.15, 0.2) is 11.5 Å². The highest BCUT2D eigenvalue weighted by atomic mass is 35.5. The van der Waals surface area contributed by atoms with Crippen LogP contribution < -0.4 is 4.74 Å². The molecule has 0 radical (unpaired) electrons. The Morgan fingerprint density at radius 2 is 1.65 bits per heavy atom. The maximum Gasteiger partial charge on any atom is 0.238 e. The number of aryl methyl sites for hydroxylation is 2. The second-order valence-electron chi connectivity index (χ2n) is 7.87. The van der Waals surface area contributed by atoms with Crippen molar-refractivity contribution in [3.8, 4) is 40.0 Å². The van der Waals surface area contributed by atoms with E-state index in [0.717, 1.165) is 22.3 Å². The topological polar surface area (TPSA) is 78.8 Å². The van der Waals surface area contributed by atoms with Crippen molar-refractivity contribution in [2.24, 2.45) is 4.99 Å². The van der Waals surface area contributed by atoms with Crippen molar-refractivity contribution < 1.29 is 14.3 Å². The van der Waals surface area contributed by atoms with Crippen LogP contribution in [0.15, 0.2) is 70.1 Å². The van der Waals surface area contributed by atoms with Gasteiger partial charge in [-0.15, -0.1) is 0 Å². The molecular formula is C28H23ClN2O3. The maximum absolute atomic E-state index is 10.1. The second kappa shape index (κ2) is 9.86. The summed E-state index contributed by atoms with van der Waals surface area (Å²) in [5.41, 5.74) is 5.60. The van der Waals surface area contributed by atoms with Crippen LogP contribution in [0, 0.1) is 25.2 Å². The number of ether oxygens (including phenoxy) is 1. The van der Waals surface area contributed by atoms with E-state index in [0.29, 0.717) is 29.1 Å². The number of phenols is 1. The first kappa shape index (κ1) is 23.2. The first-order valence-corrected chi connectivity index (χ1v) is 11.2. The minimum absolute atomic E-state index is 0.125. The van der Waals surface area contributed by atoms with Crippen molar-refractivity contribution in [1.29, 1.82) is 5.26 Å². The fourth-order valence-electron chi connectivity index (χ4n) is 3.58. The van der Waals surface area contributed by atoms with Gasteiger partial charge in [0, 0.05) is 17.3 Å². The van der Waals surface area contributed by atoms with Gasteiger partial charge >= 0.3 is 0 Å². The zero-order chi connectivity index (χ0) is 24.2. The van der Waals surface area contributed by atoms with Gasteiger partial charge in [-0.25, -0.2) is 4.99 Å². The van der Waals surface area contributed by atoms with Gasteiger partial charge in [-0.2, -0.15) is 5.26 Å². The molecule has 0 spiro atoms. The molecule has 4 rings (SSSR count). The molecule has 5 nitrogen and oxygen atoms in total. The number of phenolic OH excluding ortho intramolecular Hbond substituents is 1. The number of hydrogen-bond acceptors (Lipinski definition) is 5. The summed E-state index contributed by atoms with van der Waals surface area (Å²) in [6.45, 7) is 6.22. The zero-order valence-electron chi connectivity index (χ0n) is 19.1. The lowest BCUT2D eigenvalue weighted by Gasteiger charge is -2.07. The molecular weight excluding hydrogens is 448 g/mol. The Morgan fingerprint density at radius 3 is 2.24 bits per heavy atom. The average molecular weight is 471 g/mol. The van der Waals surface area contributed by atoms with Crippen LogP contribution in [0.25, 0.3) is 22.5 Å². The number of aliphatic imine (C=N–C) groups is 1. The highest BCUT2D eigenvalue weighted by Gasteiger charge is 2.23. The standard InChI is InChI=1S/C28H23ClN2O3/c1-4-33-24-14-19(13-23(29)26(24)32)16-31-28-22(15-30)25(20-9-5-17(2)6-10-20)27(34-28)21-11-7-18(3)8-12-21/h5-14,16,32H,4H2,1-3H3. The van der Waals surface area contributed by atoms with Crippen LogP contribution in [0.1, 0.15) is 29.2 Å². The van der Waals surface area contributed by atoms with Crippen LogP contribution in [0.3, 0.4) is 0 Å². The highest BCUT2D eigenvalue weighted by molar-refractivity contribution is 6.32. The fourth-order valence-corrected chi connectivity index (χ4v) is 3.80. The van der Waals surface area contributed by atoms with E-state index in [1.165, 1.54) is 6.21 Å². The number of halogens is 1. The normalized spacial score (nSPS) is 11.0. The van der Waals surface area contributed by atoms with E-state index in [4.69, 9.17) is 20.8 Å². The third-order valence-electron chi connectivity index (χ3n) is 5.34. The summed E-state index contributed by atoms with van der Waals surface area (Å²) < 4.78 is 11.6. The van der Waals surface area contributed by atoms with Gasteiger partial charge < -0.3 is 14.3 Å². The van der Waals surface area contributed by atoms with Crippen molar-refractivity contribution in [1.82, 2.24) is 0 Å². The smallest absolute Gasteiger partial charge is 0.238 e. The number of nitriles is 1. The number of furan rings is 1. The number of benzene rings is 3. The first-order valence-electron chi connectivity index (χ1n) is 10.8. The van der Waals surface area contributed by atoms with Crippen molar-refractivity contribution in [3.63, 3.8) is 0 Å². The summed E-state index contributed by atoms with van der Waals surface area (Å²) in [5.74, 6) is 0.902. The Morgan fingerprint density at radius 1 is 1.03 bits per heavy atom. The van der Waals surface area contributed by atoms with Crippen LogP contribution in [0.4, 0.5) is 5.88 Å². The van der Waals surface area contributed by atoms with Gasteiger partial charge in [-0.1, -0.05) is 71.3 Å². The molecule has 3 aromatic carbocycles. The van der Waals surface area contributed by atoms with Crippen LogP contribution >= 0.6 is 11.6 Å². The molecule has 1 aromatic heterocycles. The molecule has 1 N–H and O–H groups in total. The lowest BCUT2D eigenvalue weighted by atomic mass is 9.97. The predicted octanol–water partition coefficient (Wildman–Crippen LogP) is 7.61. The van der Waals surface area contributed by atoms with Crippen LogP contribution in [-0.2, 0) is 0 Å². The summed E-state index contributed by atoms with van der Waals surface area (Å²) in [6, 6.07) is 21.3. The van der Waals surface area contributed by atoms with Gasteiger partial charge in [-0.3, -0.25) is 0 Å². The lowest BCUT2D eigenvalue weighted by Crippen LogP contribution is -1.94. The number of aromatic hydroxyl groups is 1. The Kier molecular flexibility index (Phi) is 6.72. The predicted molar refractivity (Wildman–Crippen MR) is 135 cm³/mol. The third-order valence-corrected chi connectivity index (χ3v) is 5.63. The molecule has 0 unspecified atom stereocenters. The van der Waals surface area contributed by atoms with E-state index in [9.17, 15) is 10.4 Å². The summed E-state index contributed by atoms with van der Waals surface area (Å²) in [5, 5.41) is 20.3. The zero-order valence-corrected chi connectivity index (χ0v) is 19.8. The molecule has 0 saturated heterocycles. The maximum atomic E-state index is 10.1. The third kappa shape index (κ3) is 4.68. The minimum Gasteiger partial charge on any atom is -0.503 e. The first-order chi connectivity index (χ1) is 16.4. The van der Waals surface area contributed by atoms with Gasteiger partial charge in [0.2, 0.25) is 5.88 Å². The quantitative estimate of drug-likeness (QED) is 0.294. The minimum atomic E-state index is -0.125. The largest absolute Gasteiger partial charge is 0.503 e. The van der Waals surface area contributed by atoms with E-state index < -0.39 is 0 Å². The molecule has 0 atom stereocenters. The Bertz CT molecular complexity index is 1400. The summed E-state index contributed by atoms with van der Waals surface area (Å²) in [6.07, 6.45) is 1.53. The molecule has 4 aromatic rings. The molecule has 0 fully saturated rings. The van der Waals surface area contributed by atoms with Crippen molar-refractivity contribution >= 4 is 23.7 Å². The molecule has 34 heavy (non-hydrogen) atoms. The van der Waals surface area contributed by atoms with Gasteiger partial charge in [0.05, 0.1) is 11.6 Å². The molecule has 170 valence electrons. The molecule has 0 amide bonds. The van der Waals surface area contributed by atoms with Gasteiger partial charge in [-0.05, 0) is 44.0 Å². The monoisotopic (exact) mass is 470 g/mol. The van der Waals surface area contributed by atoms with Gasteiger partial charge in [0.25, 0.3) is 0 Å². The average Bonchev–Trinajstić information content (AvgIpc) is 3.20. The summed E-state index contributed by atoms with van der Waals surface area (Å²) in [7, 11) is 0. The number of hydrogen-bond donors (Lipinski definition) is 1. The van der Waals surface area contributed by atoms with Crippen LogP contribution in [0.2, 0.25) is 5.02 Å². The Labute approximate surface area is 203 Å². The molecule has 0 saturated carbocycles. The SMILES string of the molecule is CCOc1cc(C=Nc2oc(-c3ccc(C)cc3)c(-c3ccc(C)cc3)c2C#N)cc(Cl)c1O. The lowest BCUT2D eigenvalue weighted by molar-refractivity contribution is 0.318. The Hall–Kier alpha value is -4.01. The molecule has 0 bridgehead atoms. The van der Waals surface area contributed by atoms with Crippen molar-refractivity contribution in [2.45, 2.75) is 20.8 Å². The van der Waals surface area contributed by atoms with Crippen molar-refractivity contribution in [3.05, 3.63) is 87.9 Å². The highest BCUT2D eigenvalue weighted by Crippen LogP contribution is 2.43. The summed E-state index contributed by atoms with van der Waals surface area (Å²) in [4.78, 5) is 4.48. The fraction of sp³-hybridized carbons (Fsp3) is 0.143. The molecule has 0 aliphatic rings. The second-order valence-corrected chi connectivity index (χ2v) is 8.28. The number of rotatable bonds is 6. The molecule has 0 aliphatic carbocycles. The molecule has 0 aliphatic heterocycles. The van der Waals surface area contributed by atoms with Crippen LogP contribution in [0.5, 0.6) is 11.5 Å². The van der Waals surface area contributed by atoms with Crippen molar-refractivity contribution in [2.75, 3.05) is 6.61 Å². The molecule has 1 heterocycles.